The van der Waals surface area contributed by atoms with Gasteiger partial charge in [-0.15, -0.1) is 0 Å². The molecule has 17 nitrogen and oxygen atoms in total. The second-order valence-corrected chi connectivity index (χ2v) is 31.6. The van der Waals surface area contributed by atoms with Crippen LogP contribution in [0, 0.1) is 23.7 Å². The van der Waals surface area contributed by atoms with E-state index >= 15 is 0 Å². The van der Waals surface area contributed by atoms with Crippen molar-refractivity contribution in [2.24, 2.45) is 23.7 Å². The van der Waals surface area contributed by atoms with Gasteiger partial charge in [-0.2, -0.15) is 0 Å². The Morgan fingerprint density at radius 1 is 0.298 bits per heavy atom. The van der Waals surface area contributed by atoms with Gasteiger partial charge in [0, 0.05) is 25.7 Å². The van der Waals surface area contributed by atoms with Crippen molar-refractivity contribution in [3.8, 4) is 0 Å². The van der Waals surface area contributed by atoms with Crippen LogP contribution in [-0.4, -0.2) is 96.7 Å². The molecule has 0 rings (SSSR count). The molecular formula is C75H146O17P2. The van der Waals surface area contributed by atoms with Gasteiger partial charge in [0.15, 0.2) is 12.2 Å². The molecule has 0 radical (unpaired) electrons. The van der Waals surface area contributed by atoms with E-state index in [0.717, 1.165) is 120 Å². The van der Waals surface area contributed by atoms with E-state index in [1.54, 1.807) is 0 Å². The fourth-order valence-corrected chi connectivity index (χ4v) is 12.9. The van der Waals surface area contributed by atoms with Gasteiger partial charge in [0.1, 0.15) is 19.3 Å². The standard InChI is InChI=1S/C75H146O17P2/c1-9-68(8)54-46-38-33-34-40-48-56-73(78)86-62-71(92-75(80)58-50-42-31-25-21-17-16-19-23-28-36-44-52-66(4)5)64-90-94(83,84)88-60-69(76)59-87-93(81,82)89-63-70(61-85-72(77)55-47-39-32-26-29-37-45-53-67(6)7)91-74(79)57-49-41-30-24-20-15-13-11-10-12-14-18-22-27-35-43-51-65(2)3/h65-71,76H,9-64H2,1-8H3,(H,81,82)(H,83,84)/t68?,69-,70-,71-/m1/s1. The van der Waals surface area contributed by atoms with Crippen LogP contribution in [-0.2, 0) is 65.4 Å². The molecule has 0 aromatic heterocycles. The molecule has 0 heterocycles. The lowest BCUT2D eigenvalue weighted by molar-refractivity contribution is -0.161. The smallest absolute Gasteiger partial charge is 0.462 e. The number of ether oxygens (including phenoxy) is 4. The summed E-state index contributed by atoms with van der Waals surface area (Å²) in [5, 5.41) is 10.6. The van der Waals surface area contributed by atoms with Crippen molar-refractivity contribution in [2.45, 2.75) is 395 Å². The molecule has 94 heavy (non-hydrogen) atoms. The van der Waals surface area contributed by atoms with E-state index in [0.29, 0.717) is 31.6 Å². The molecule has 0 aliphatic rings. The third-order valence-corrected chi connectivity index (χ3v) is 19.6. The van der Waals surface area contributed by atoms with E-state index in [4.69, 9.17) is 37.0 Å². The lowest BCUT2D eigenvalue weighted by atomic mass is 10.00. The Hall–Kier alpha value is -1.94. The number of hydrogen-bond acceptors (Lipinski definition) is 15. The van der Waals surface area contributed by atoms with Gasteiger partial charge in [-0.25, -0.2) is 9.13 Å². The Morgan fingerprint density at radius 2 is 0.511 bits per heavy atom. The molecule has 0 saturated carbocycles. The van der Waals surface area contributed by atoms with Crippen LogP contribution in [0.3, 0.4) is 0 Å². The van der Waals surface area contributed by atoms with Gasteiger partial charge < -0.3 is 33.8 Å². The minimum absolute atomic E-state index is 0.105. The molecule has 0 fully saturated rings. The average molecular weight is 1380 g/mol. The minimum Gasteiger partial charge on any atom is -0.462 e. The molecule has 0 aromatic rings. The number of hydrogen-bond donors (Lipinski definition) is 3. The molecule has 0 aliphatic carbocycles. The Labute approximate surface area is 575 Å². The molecule has 0 amide bonds. The molecule has 0 aliphatic heterocycles. The summed E-state index contributed by atoms with van der Waals surface area (Å²) in [6.07, 6.45) is 48.7. The summed E-state index contributed by atoms with van der Waals surface area (Å²) < 4.78 is 68.4. The van der Waals surface area contributed by atoms with E-state index in [9.17, 15) is 43.2 Å². The fraction of sp³-hybridized carbons (Fsp3) is 0.947. The van der Waals surface area contributed by atoms with Crippen LogP contribution in [0.5, 0.6) is 0 Å². The molecule has 0 aromatic carbocycles. The van der Waals surface area contributed by atoms with E-state index in [-0.39, 0.29) is 25.7 Å². The third kappa shape index (κ3) is 67.3. The van der Waals surface area contributed by atoms with Gasteiger partial charge in [0.2, 0.25) is 0 Å². The van der Waals surface area contributed by atoms with E-state index in [2.05, 4.69) is 55.4 Å². The van der Waals surface area contributed by atoms with Gasteiger partial charge in [-0.05, 0) is 49.4 Å². The predicted octanol–water partition coefficient (Wildman–Crippen LogP) is 21.7. The van der Waals surface area contributed by atoms with Crippen LogP contribution in [0.15, 0.2) is 0 Å². The molecule has 558 valence electrons. The Kier molecular flexibility index (Phi) is 63.1. The first kappa shape index (κ1) is 92.1. The molecule has 0 bridgehead atoms. The third-order valence-electron chi connectivity index (χ3n) is 17.7. The lowest BCUT2D eigenvalue weighted by Gasteiger charge is -2.21. The van der Waals surface area contributed by atoms with Gasteiger partial charge in [0.05, 0.1) is 26.4 Å². The monoisotopic (exact) mass is 1380 g/mol. The highest BCUT2D eigenvalue weighted by Crippen LogP contribution is 2.45. The number of aliphatic hydroxyl groups excluding tert-OH is 1. The first-order chi connectivity index (χ1) is 45.1. The van der Waals surface area contributed by atoms with Crippen molar-refractivity contribution in [1.82, 2.24) is 0 Å². The van der Waals surface area contributed by atoms with E-state index in [1.807, 2.05) is 0 Å². The number of unbranched alkanes of at least 4 members (excludes halogenated alkanes) is 37. The van der Waals surface area contributed by atoms with Crippen LogP contribution >= 0.6 is 15.6 Å². The van der Waals surface area contributed by atoms with Crippen molar-refractivity contribution in [2.75, 3.05) is 39.6 Å². The first-order valence-corrected chi connectivity index (χ1v) is 41.7. The largest absolute Gasteiger partial charge is 0.472 e. The van der Waals surface area contributed by atoms with Crippen molar-refractivity contribution in [3.05, 3.63) is 0 Å². The summed E-state index contributed by atoms with van der Waals surface area (Å²) in [6.45, 7) is 14.1. The summed E-state index contributed by atoms with van der Waals surface area (Å²) in [4.78, 5) is 72.7. The molecule has 0 saturated heterocycles. The highest BCUT2D eigenvalue weighted by Gasteiger charge is 2.30. The van der Waals surface area contributed by atoms with Crippen molar-refractivity contribution in [3.63, 3.8) is 0 Å². The summed E-state index contributed by atoms with van der Waals surface area (Å²) in [6, 6.07) is 0. The number of phosphoric ester groups is 2. The highest BCUT2D eigenvalue weighted by atomic mass is 31.2. The lowest BCUT2D eigenvalue weighted by Crippen LogP contribution is -2.30. The number of carbonyl (C=O) groups excluding carboxylic acids is 4. The first-order valence-electron chi connectivity index (χ1n) is 38.7. The van der Waals surface area contributed by atoms with Crippen molar-refractivity contribution >= 4 is 39.5 Å². The van der Waals surface area contributed by atoms with Crippen LogP contribution in [0.1, 0.15) is 376 Å². The molecule has 19 heteroatoms. The second-order valence-electron chi connectivity index (χ2n) is 28.7. The highest BCUT2D eigenvalue weighted by molar-refractivity contribution is 7.47. The number of rotatable bonds is 72. The molecule has 0 spiro atoms. The summed E-state index contributed by atoms with van der Waals surface area (Å²) in [7, 11) is -9.91. The summed E-state index contributed by atoms with van der Waals surface area (Å²) >= 11 is 0. The predicted molar refractivity (Wildman–Crippen MR) is 381 cm³/mol. The van der Waals surface area contributed by atoms with Gasteiger partial charge in [0.25, 0.3) is 0 Å². The fourth-order valence-electron chi connectivity index (χ4n) is 11.3. The SMILES string of the molecule is CCC(C)CCCCCCCCC(=O)OC[C@H](COP(=O)(O)OC[C@H](O)COP(=O)(O)OC[C@@H](COC(=O)CCCCCCCCCC(C)C)OC(=O)CCCCCCCCCCCCCCCCCCC(C)C)OC(=O)CCCCCCCCCCCCCCC(C)C. The maximum atomic E-state index is 13.1. The average Bonchev–Trinajstić information content (AvgIpc) is 1.44. The maximum absolute atomic E-state index is 13.1. The van der Waals surface area contributed by atoms with Crippen LogP contribution in [0.25, 0.3) is 0 Å². The van der Waals surface area contributed by atoms with Crippen LogP contribution in [0.2, 0.25) is 0 Å². The van der Waals surface area contributed by atoms with Crippen LogP contribution in [0.4, 0.5) is 0 Å². The normalized spacial score (nSPS) is 14.4. The molecule has 3 N–H and O–H groups in total. The maximum Gasteiger partial charge on any atom is 0.472 e. The van der Waals surface area contributed by atoms with Gasteiger partial charge in [-0.3, -0.25) is 37.3 Å². The zero-order valence-electron chi connectivity index (χ0n) is 61.6. The van der Waals surface area contributed by atoms with E-state index in [1.165, 1.54) is 167 Å². The Bertz CT molecular complexity index is 1850. The minimum atomic E-state index is -4.96. The zero-order chi connectivity index (χ0) is 69.6. The number of aliphatic hydroxyl groups is 1. The summed E-state index contributed by atoms with van der Waals surface area (Å²) in [5.41, 5.74) is 0. The molecule has 6 atom stereocenters. The van der Waals surface area contributed by atoms with Gasteiger partial charge in [-0.1, -0.05) is 325 Å². The van der Waals surface area contributed by atoms with E-state index < -0.39 is 97.5 Å². The Balaban J connectivity index is 5.21. The van der Waals surface area contributed by atoms with Crippen molar-refractivity contribution < 1.29 is 80.2 Å². The second kappa shape index (κ2) is 64.4. The van der Waals surface area contributed by atoms with Crippen molar-refractivity contribution in [1.29, 1.82) is 0 Å². The molecule has 3 unspecified atom stereocenters. The molecular weight excluding hydrogens is 1230 g/mol. The van der Waals surface area contributed by atoms with Crippen LogP contribution < -0.4 is 0 Å². The topological polar surface area (TPSA) is 237 Å². The number of carbonyl (C=O) groups is 4. The number of esters is 4. The zero-order valence-corrected chi connectivity index (χ0v) is 63.4. The van der Waals surface area contributed by atoms with Gasteiger partial charge >= 0.3 is 39.5 Å². The summed E-state index contributed by atoms with van der Waals surface area (Å²) in [5.74, 6) is 0.897. The quantitative estimate of drug-likeness (QED) is 0.0222. The Morgan fingerprint density at radius 3 is 0.755 bits per heavy atom. The number of phosphoric acid groups is 2.